The topological polar surface area (TPSA) is 81.4 Å². The van der Waals surface area contributed by atoms with Crippen LogP contribution >= 0.6 is 0 Å². The number of hydrogen-bond acceptors (Lipinski definition) is 6. The van der Waals surface area contributed by atoms with Gasteiger partial charge in [-0.2, -0.15) is 4.98 Å². The lowest BCUT2D eigenvalue weighted by molar-refractivity contribution is 0.0565. The van der Waals surface area contributed by atoms with E-state index in [9.17, 15) is 4.79 Å². The van der Waals surface area contributed by atoms with Crippen molar-refractivity contribution in [3.8, 4) is 17.1 Å². The molecule has 0 bridgehead atoms. The maximum absolute atomic E-state index is 12.7. The molecule has 0 N–H and O–H groups in total. The van der Waals surface area contributed by atoms with E-state index in [-0.39, 0.29) is 11.8 Å². The molecule has 7 heteroatoms. The Kier molecular flexibility index (Phi) is 4.35. The standard InChI is InChI=1S/C19H18N4O3/c1-2-25-16-6-4-3-5-15(16)19(24)23-11-14(12-23)18-21-17(22-26-18)13-7-9-20-10-8-13/h3-10,14H,2,11-12H2,1H3. The molecule has 0 unspecified atom stereocenters. The van der Waals surface area contributed by atoms with Gasteiger partial charge in [0.2, 0.25) is 11.7 Å². The Hall–Kier alpha value is -3.22. The number of benzene rings is 1. The normalized spacial score (nSPS) is 14.1. The molecule has 0 saturated carbocycles. The van der Waals surface area contributed by atoms with Gasteiger partial charge in [-0.25, -0.2) is 0 Å². The van der Waals surface area contributed by atoms with Crippen LogP contribution in [0.15, 0.2) is 53.3 Å². The number of nitrogens with zero attached hydrogens (tertiary/aromatic N) is 4. The highest BCUT2D eigenvalue weighted by Gasteiger charge is 2.36. The number of amides is 1. The van der Waals surface area contributed by atoms with Crippen LogP contribution in [-0.4, -0.2) is 45.6 Å². The Morgan fingerprint density at radius 2 is 2.00 bits per heavy atom. The third-order valence-electron chi connectivity index (χ3n) is 4.32. The second kappa shape index (κ2) is 6.95. The fourth-order valence-electron chi connectivity index (χ4n) is 2.91. The minimum absolute atomic E-state index is 0.0424. The second-order valence-electron chi connectivity index (χ2n) is 6.03. The van der Waals surface area contributed by atoms with Crippen LogP contribution in [0, 0.1) is 0 Å². The molecule has 1 saturated heterocycles. The zero-order valence-electron chi connectivity index (χ0n) is 14.3. The summed E-state index contributed by atoms with van der Waals surface area (Å²) in [4.78, 5) is 22.9. The highest BCUT2D eigenvalue weighted by Crippen LogP contribution is 2.30. The van der Waals surface area contributed by atoms with Crippen LogP contribution in [-0.2, 0) is 0 Å². The molecule has 26 heavy (non-hydrogen) atoms. The van der Waals surface area contributed by atoms with E-state index in [1.165, 1.54) is 0 Å². The molecule has 132 valence electrons. The van der Waals surface area contributed by atoms with E-state index >= 15 is 0 Å². The Morgan fingerprint density at radius 1 is 1.23 bits per heavy atom. The SMILES string of the molecule is CCOc1ccccc1C(=O)N1CC(c2nc(-c3ccncc3)no2)C1. The summed E-state index contributed by atoms with van der Waals surface area (Å²) in [6.07, 6.45) is 3.37. The summed E-state index contributed by atoms with van der Waals surface area (Å²) in [5.74, 6) is 1.72. The molecule has 1 fully saturated rings. The van der Waals surface area contributed by atoms with Gasteiger partial charge in [0.05, 0.1) is 18.1 Å². The van der Waals surface area contributed by atoms with Gasteiger partial charge in [-0.1, -0.05) is 17.3 Å². The van der Waals surface area contributed by atoms with Crippen molar-refractivity contribution in [1.29, 1.82) is 0 Å². The predicted octanol–water partition coefficient (Wildman–Crippen LogP) is 2.77. The first-order valence-corrected chi connectivity index (χ1v) is 8.51. The summed E-state index contributed by atoms with van der Waals surface area (Å²) in [5, 5.41) is 4.02. The second-order valence-corrected chi connectivity index (χ2v) is 6.03. The van der Waals surface area contributed by atoms with E-state index < -0.39 is 0 Å². The average Bonchev–Trinajstić information content (AvgIpc) is 3.11. The van der Waals surface area contributed by atoms with Crippen LogP contribution in [0.3, 0.4) is 0 Å². The van der Waals surface area contributed by atoms with Crippen molar-refractivity contribution in [3.05, 3.63) is 60.2 Å². The summed E-state index contributed by atoms with van der Waals surface area (Å²) in [6, 6.07) is 11.0. The number of rotatable bonds is 5. The van der Waals surface area contributed by atoms with Crippen molar-refractivity contribution < 1.29 is 14.1 Å². The number of carbonyl (C=O) groups excluding carboxylic acids is 1. The van der Waals surface area contributed by atoms with Gasteiger partial charge in [0.25, 0.3) is 5.91 Å². The molecule has 0 atom stereocenters. The number of para-hydroxylation sites is 1. The highest BCUT2D eigenvalue weighted by molar-refractivity contribution is 5.97. The van der Waals surface area contributed by atoms with Gasteiger partial charge in [-0.15, -0.1) is 0 Å². The number of likely N-dealkylation sites (tertiary alicyclic amines) is 1. The quantitative estimate of drug-likeness (QED) is 0.704. The molecule has 2 aromatic heterocycles. The Balaban J connectivity index is 1.43. The maximum Gasteiger partial charge on any atom is 0.257 e. The van der Waals surface area contributed by atoms with Crippen molar-refractivity contribution in [2.45, 2.75) is 12.8 Å². The van der Waals surface area contributed by atoms with Crippen molar-refractivity contribution in [2.75, 3.05) is 19.7 Å². The summed E-state index contributed by atoms with van der Waals surface area (Å²) in [6.45, 7) is 3.53. The zero-order valence-corrected chi connectivity index (χ0v) is 14.3. The summed E-state index contributed by atoms with van der Waals surface area (Å²) < 4.78 is 10.9. The van der Waals surface area contributed by atoms with Crippen LogP contribution in [0.25, 0.3) is 11.4 Å². The van der Waals surface area contributed by atoms with Gasteiger partial charge in [0.15, 0.2) is 0 Å². The first kappa shape index (κ1) is 16.3. The van der Waals surface area contributed by atoms with Crippen LogP contribution in [0.4, 0.5) is 0 Å². The van der Waals surface area contributed by atoms with Crippen molar-refractivity contribution in [2.24, 2.45) is 0 Å². The van der Waals surface area contributed by atoms with Crippen molar-refractivity contribution in [3.63, 3.8) is 0 Å². The molecule has 0 radical (unpaired) electrons. The van der Waals surface area contributed by atoms with E-state index in [0.29, 0.717) is 42.7 Å². The lowest BCUT2D eigenvalue weighted by Gasteiger charge is -2.37. The smallest absolute Gasteiger partial charge is 0.257 e. The first-order chi connectivity index (χ1) is 12.8. The van der Waals surface area contributed by atoms with E-state index in [4.69, 9.17) is 9.26 Å². The zero-order chi connectivity index (χ0) is 17.9. The number of pyridine rings is 1. The van der Waals surface area contributed by atoms with Crippen LogP contribution in [0.2, 0.25) is 0 Å². The number of ether oxygens (including phenoxy) is 1. The molecule has 1 aliphatic rings. The minimum atomic E-state index is -0.0424. The van der Waals surface area contributed by atoms with Crippen molar-refractivity contribution >= 4 is 5.91 Å². The average molecular weight is 350 g/mol. The molecule has 0 spiro atoms. The van der Waals surface area contributed by atoms with Gasteiger partial charge in [0, 0.05) is 31.0 Å². The number of hydrogen-bond donors (Lipinski definition) is 0. The minimum Gasteiger partial charge on any atom is -0.493 e. The summed E-state index contributed by atoms with van der Waals surface area (Å²) in [5.41, 5.74) is 1.43. The summed E-state index contributed by atoms with van der Waals surface area (Å²) in [7, 11) is 0. The van der Waals surface area contributed by atoms with E-state index in [2.05, 4.69) is 15.1 Å². The molecular weight excluding hydrogens is 332 g/mol. The predicted molar refractivity (Wildman–Crippen MR) is 93.8 cm³/mol. The molecule has 1 amide bonds. The van der Waals surface area contributed by atoms with Gasteiger partial charge in [0.1, 0.15) is 5.75 Å². The lowest BCUT2D eigenvalue weighted by Crippen LogP contribution is -2.48. The van der Waals surface area contributed by atoms with Crippen LogP contribution in [0.5, 0.6) is 5.75 Å². The van der Waals surface area contributed by atoms with Gasteiger partial charge < -0.3 is 14.2 Å². The fourth-order valence-corrected chi connectivity index (χ4v) is 2.91. The van der Waals surface area contributed by atoms with E-state index in [0.717, 1.165) is 5.56 Å². The molecule has 1 aromatic carbocycles. The molecule has 1 aliphatic heterocycles. The number of aromatic nitrogens is 3. The lowest BCUT2D eigenvalue weighted by atomic mass is 9.98. The van der Waals surface area contributed by atoms with Crippen LogP contribution < -0.4 is 4.74 Å². The van der Waals surface area contributed by atoms with Crippen LogP contribution in [0.1, 0.15) is 29.1 Å². The van der Waals surface area contributed by atoms with Gasteiger partial charge in [-0.3, -0.25) is 9.78 Å². The first-order valence-electron chi connectivity index (χ1n) is 8.51. The molecule has 4 rings (SSSR count). The third kappa shape index (κ3) is 3.03. The fraction of sp³-hybridized carbons (Fsp3) is 0.263. The summed E-state index contributed by atoms with van der Waals surface area (Å²) >= 11 is 0. The Morgan fingerprint density at radius 3 is 2.77 bits per heavy atom. The largest absolute Gasteiger partial charge is 0.493 e. The monoisotopic (exact) mass is 350 g/mol. The molecular formula is C19H18N4O3. The molecule has 3 aromatic rings. The molecule has 0 aliphatic carbocycles. The Bertz CT molecular complexity index is 904. The van der Waals surface area contributed by atoms with E-state index in [1.54, 1.807) is 23.4 Å². The Labute approximate surface area is 150 Å². The third-order valence-corrected chi connectivity index (χ3v) is 4.32. The van der Waals surface area contributed by atoms with Gasteiger partial charge in [-0.05, 0) is 31.2 Å². The number of carbonyl (C=O) groups is 1. The van der Waals surface area contributed by atoms with Gasteiger partial charge >= 0.3 is 0 Å². The molecule has 3 heterocycles. The maximum atomic E-state index is 12.7. The van der Waals surface area contributed by atoms with E-state index in [1.807, 2.05) is 37.3 Å². The molecule has 7 nitrogen and oxygen atoms in total. The highest BCUT2D eigenvalue weighted by atomic mass is 16.5. The van der Waals surface area contributed by atoms with Crippen molar-refractivity contribution in [1.82, 2.24) is 20.0 Å².